The Bertz CT molecular complexity index is 985. The summed E-state index contributed by atoms with van der Waals surface area (Å²) in [4.78, 5) is 39.8. The lowest BCUT2D eigenvalue weighted by atomic mass is 10.0. The molecule has 0 saturated heterocycles. The number of hydrogen-bond donors (Lipinski definition) is 0. The molecule has 0 atom stereocenters. The molecule has 144 valence electrons. The third kappa shape index (κ3) is 3.59. The average Bonchev–Trinajstić information content (AvgIpc) is 3.47. The molecule has 0 aromatic heterocycles. The molecule has 0 radical (unpaired) electrons. The summed E-state index contributed by atoms with van der Waals surface area (Å²) in [5.74, 6) is -0.0424. The first-order chi connectivity index (χ1) is 13.3. The number of hydrazone groups is 1. The number of halogens is 2. The van der Waals surface area contributed by atoms with Gasteiger partial charge in [-0.3, -0.25) is 14.4 Å². The first-order valence-electron chi connectivity index (χ1n) is 8.68. The summed E-state index contributed by atoms with van der Waals surface area (Å²) in [6.45, 7) is 0.0384. The van der Waals surface area contributed by atoms with Crippen molar-refractivity contribution in [2.75, 3.05) is 13.6 Å². The Balaban J connectivity index is 1.62. The maximum absolute atomic E-state index is 12.2. The lowest BCUT2D eigenvalue weighted by Gasteiger charge is -2.19. The van der Waals surface area contributed by atoms with E-state index in [2.05, 4.69) is 10.1 Å². The van der Waals surface area contributed by atoms with Gasteiger partial charge in [0.05, 0.1) is 16.5 Å². The lowest BCUT2D eigenvalue weighted by molar-refractivity contribution is -0.134. The smallest absolute Gasteiger partial charge is 0.250 e. The Morgan fingerprint density at radius 2 is 1.79 bits per heavy atom. The van der Waals surface area contributed by atoms with E-state index in [4.69, 9.17) is 27.9 Å². The van der Waals surface area contributed by atoms with Crippen LogP contribution in [0.15, 0.2) is 33.9 Å². The minimum Gasteiger partial charge on any atom is -0.436 e. The molecule has 1 aliphatic carbocycles. The van der Waals surface area contributed by atoms with Crippen LogP contribution < -0.4 is 4.74 Å². The zero-order valence-corrected chi connectivity index (χ0v) is 16.4. The van der Waals surface area contributed by atoms with Crippen LogP contribution >= 0.6 is 23.2 Å². The molecule has 1 amide bonds. The van der Waals surface area contributed by atoms with Crippen molar-refractivity contribution in [3.05, 3.63) is 39.4 Å². The maximum Gasteiger partial charge on any atom is 0.250 e. The summed E-state index contributed by atoms with van der Waals surface area (Å²) in [5.41, 5.74) is 1.22. The third-order valence-electron chi connectivity index (χ3n) is 4.66. The van der Waals surface area contributed by atoms with Crippen molar-refractivity contribution in [2.45, 2.75) is 19.3 Å². The lowest BCUT2D eigenvalue weighted by Crippen LogP contribution is -2.35. The molecule has 1 fully saturated rings. The Morgan fingerprint density at radius 3 is 2.43 bits per heavy atom. The Hall–Kier alpha value is -2.51. The first kappa shape index (κ1) is 18.8. The number of amides is 1. The van der Waals surface area contributed by atoms with Crippen molar-refractivity contribution >= 4 is 52.3 Å². The molecular formula is C19H15Cl2N3O4. The van der Waals surface area contributed by atoms with E-state index in [1.807, 2.05) is 0 Å². The Kier molecular flexibility index (Phi) is 4.81. The number of dihydropyridines is 1. The zero-order valence-electron chi connectivity index (χ0n) is 14.9. The standard InChI is InChI=1S/C19H15Cl2N3O4/c1-24-17(27)7-14(25)18(23-24)10-4-12(20)19(13(21)5-10)28-16-6-11(9-2-3-9)15(26)8-22-16/h4-6,9H,2-3,7-8H2,1H3. The average molecular weight is 420 g/mol. The van der Waals surface area contributed by atoms with Crippen LogP contribution in [0.5, 0.6) is 5.75 Å². The van der Waals surface area contributed by atoms with Gasteiger partial charge in [0, 0.05) is 24.3 Å². The van der Waals surface area contributed by atoms with Gasteiger partial charge in [-0.15, -0.1) is 0 Å². The van der Waals surface area contributed by atoms with E-state index in [1.165, 1.54) is 19.2 Å². The van der Waals surface area contributed by atoms with Gasteiger partial charge in [0.25, 0.3) is 0 Å². The van der Waals surface area contributed by atoms with E-state index in [0.717, 1.165) is 23.4 Å². The van der Waals surface area contributed by atoms with E-state index < -0.39 is 5.78 Å². The van der Waals surface area contributed by atoms with E-state index in [1.54, 1.807) is 6.08 Å². The summed E-state index contributed by atoms with van der Waals surface area (Å²) < 4.78 is 5.75. The molecule has 0 unspecified atom stereocenters. The number of benzene rings is 1. The van der Waals surface area contributed by atoms with Gasteiger partial charge in [-0.05, 0) is 30.9 Å². The predicted octanol–water partition coefficient (Wildman–Crippen LogP) is 2.83. The second-order valence-electron chi connectivity index (χ2n) is 6.79. The van der Waals surface area contributed by atoms with E-state index in [0.29, 0.717) is 5.56 Å². The number of ether oxygens (including phenoxy) is 1. The molecule has 28 heavy (non-hydrogen) atoms. The summed E-state index contributed by atoms with van der Waals surface area (Å²) in [6.07, 6.45) is 3.37. The van der Waals surface area contributed by atoms with Crippen LogP contribution in [0.1, 0.15) is 24.8 Å². The number of Topliss-reactive ketones (excluding diaryl/α,β-unsaturated/α-hetero) is 2. The molecule has 0 N–H and O–H groups in total. The summed E-state index contributed by atoms with van der Waals surface area (Å²) >= 11 is 12.7. The van der Waals surface area contributed by atoms with Crippen LogP contribution in [0.2, 0.25) is 10.0 Å². The van der Waals surface area contributed by atoms with E-state index in [9.17, 15) is 14.4 Å². The second-order valence-corrected chi connectivity index (χ2v) is 7.60. The largest absolute Gasteiger partial charge is 0.436 e. The summed E-state index contributed by atoms with van der Waals surface area (Å²) in [7, 11) is 1.47. The highest BCUT2D eigenvalue weighted by Gasteiger charge is 2.33. The fourth-order valence-electron chi connectivity index (χ4n) is 3.02. The summed E-state index contributed by atoms with van der Waals surface area (Å²) in [6, 6.07) is 3.01. The Labute approximate surface area is 170 Å². The van der Waals surface area contributed by atoms with Gasteiger partial charge in [-0.2, -0.15) is 5.10 Å². The normalized spacial score (nSPS) is 20.0. The molecule has 1 aromatic carbocycles. The van der Waals surface area contributed by atoms with Crippen molar-refractivity contribution in [2.24, 2.45) is 16.0 Å². The SMILES string of the molecule is CN1N=C(c2cc(Cl)c(OC3=NCC(=O)C(C4CC4)=C3)c(Cl)c2)C(=O)CC1=O. The second kappa shape index (κ2) is 7.14. The highest BCUT2D eigenvalue weighted by Crippen LogP contribution is 2.39. The minimum atomic E-state index is -0.406. The molecular weight excluding hydrogens is 405 g/mol. The van der Waals surface area contributed by atoms with Crippen molar-refractivity contribution in [3.8, 4) is 5.75 Å². The highest BCUT2D eigenvalue weighted by atomic mass is 35.5. The van der Waals surface area contributed by atoms with E-state index >= 15 is 0 Å². The van der Waals surface area contributed by atoms with Gasteiger partial charge in [-0.1, -0.05) is 23.2 Å². The van der Waals surface area contributed by atoms with E-state index in [-0.39, 0.29) is 58.0 Å². The number of hydrogen-bond acceptors (Lipinski definition) is 6. The number of rotatable bonds is 3. The zero-order chi connectivity index (χ0) is 20.0. The molecule has 0 bridgehead atoms. The predicted molar refractivity (Wildman–Crippen MR) is 104 cm³/mol. The van der Waals surface area contributed by atoms with Gasteiger partial charge in [0.1, 0.15) is 12.3 Å². The highest BCUT2D eigenvalue weighted by molar-refractivity contribution is 6.50. The molecule has 3 aliphatic rings. The number of ketones is 2. The molecule has 0 spiro atoms. The van der Waals surface area contributed by atoms with Gasteiger partial charge >= 0.3 is 0 Å². The van der Waals surface area contributed by atoms with Gasteiger partial charge < -0.3 is 4.74 Å². The number of carbonyl (C=O) groups excluding carboxylic acids is 3. The van der Waals surface area contributed by atoms with Crippen LogP contribution in [-0.2, 0) is 14.4 Å². The molecule has 4 rings (SSSR count). The number of carbonyl (C=O) groups is 3. The van der Waals surface area contributed by atoms with Crippen LogP contribution in [0.4, 0.5) is 0 Å². The van der Waals surface area contributed by atoms with Gasteiger partial charge in [-0.25, -0.2) is 10.0 Å². The van der Waals surface area contributed by atoms with Crippen LogP contribution in [0, 0.1) is 5.92 Å². The molecule has 1 saturated carbocycles. The molecule has 2 heterocycles. The van der Waals surface area contributed by atoms with Crippen molar-refractivity contribution in [1.29, 1.82) is 0 Å². The maximum atomic E-state index is 12.2. The quantitative estimate of drug-likeness (QED) is 0.704. The summed E-state index contributed by atoms with van der Waals surface area (Å²) in [5, 5.41) is 5.45. The third-order valence-corrected chi connectivity index (χ3v) is 5.22. The topological polar surface area (TPSA) is 88.4 Å². The monoisotopic (exact) mass is 419 g/mol. The van der Waals surface area contributed by atoms with Crippen LogP contribution in [0.3, 0.4) is 0 Å². The molecule has 9 heteroatoms. The fraction of sp³-hybridized carbons (Fsp3) is 0.316. The van der Waals surface area contributed by atoms with Crippen molar-refractivity contribution in [3.63, 3.8) is 0 Å². The minimum absolute atomic E-state index is 0.00915. The number of nitrogens with zero attached hydrogens (tertiary/aromatic N) is 3. The van der Waals surface area contributed by atoms with Crippen LogP contribution in [-0.4, -0.2) is 47.7 Å². The van der Waals surface area contributed by atoms with Gasteiger partial charge in [0.15, 0.2) is 17.3 Å². The van der Waals surface area contributed by atoms with Crippen molar-refractivity contribution in [1.82, 2.24) is 5.01 Å². The van der Waals surface area contributed by atoms with Gasteiger partial charge in [0.2, 0.25) is 11.8 Å². The fourth-order valence-corrected chi connectivity index (χ4v) is 3.58. The first-order valence-corrected chi connectivity index (χ1v) is 9.44. The molecule has 1 aromatic rings. The number of aliphatic imine (C=N–C) groups is 1. The molecule has 2 aliphatic heterocycles. The Morgan fingerprint density at radius 1 is 1.11 bits per heavy atom. The van der Waals surface area contributed by atoms with Crippen LogP contribution in [0.25, 0.3) is 0 Å². The van der Waals surface area contributed by atoms with Crippen molar-refractivity contribution < 1.29 is 19.1 Å². The molecule has 7 nitrogen and oxygen atoms in total.